The van der Waals surface area contributed by atoms with Gasteiger partial charge in [0.2, 0.25) is 0 Å². The van der Waals surface area contributed by atoms with Crippen LogP contribution in [0.2, 0.25) is 0 Å². The number of nitrogens with two attached hydrogens (primary N) is 1. The lowest BCUT2D eigenvalue weighted by Crippen LogP contribution is -2.38. The Hall–Kier alpha value is -3.21. The fourth-order valence-electron chi connectivity index (χ4n) is 4.41. The maximum Gasteiger partial charge on any atom is 0.295 e. The Bertz CT molecular complexity index is 1140. The van der Waals surface area contributed by atoms with Crippen molar-refractivity contribution in [3.63, 3.8) is 0 Å². The van der Waals surface area contributed by atoms with Gasteiger partial charge in [-0.2, -0.15) is 0 Å². The highest BCUT2D eigenvalue weighted by Gasteiger charge is 2.45. The standard InChI is InChI=1S/C26H28BrN3O6/c27-19-6-2-18(3-7-19)24(32)22-23(17-4-8-20(9-5-17)36-16-21(28)31)30(26(34)25(22)33)11-1-10-29-12-14-35-15-13-29/h2-9,23,32H,1,10-16H2,(H2,28,31)/b24-22+. The smallest absolute Gasteiger partial charge is 0.295 e. The molecule has 2 saturated heterocycles. The fraction of sp³-hybridized carbons (Fsp3) is 0.346. The quantitative estimate of drug-likeness (QED) is 0.276. The Kier molecular flexibility index (Phi) is 8.40. The first-order valence-corrected chi connectivity index (χ1v) is 12.5. The molecule has 190 valence electrons. The number of amides is 2. The number of rotatable bonds is 9. The molecule has 2 amide bonds. The number of benzene rings is 2. The average molecular weight is 558 g/mol. The molecule has 1 unspecified atom stereocenters. The highest BCUT2D eigenvalue weighted by Crippen LogP contribution is 2.40. The number of morpholine rings is 1. The van der Waals surface area contributed by atoms with Gasteiger partial charge in [0.05, 0.1) is 24.8 Å². The molecule has 0 spiro atoms. The minimum atomic E-state index is -0.761. The van der Waals surface area contributed by atoms with Crippen LogP contribution in [-0.4, -0.2) is 78.5 Å². The first-order chi connectivity index (χ1) is 17.3. The predicted octanol–water partition coefficient (Wildman–Crippen LogP) is 2.46. The van der Waals surface area contributed by atoms with E-state index in [1.807, 2.05) is 0 Å². The fourth-order valence-corrected chi connectivity index (χ4v) is 4.68. The van der Waals surface area contributed by atoms with Crippen LogP contribution in [0, 0.1) is 0 Å². The van der Waals surface area contributed by atoms with Crippen LogP contribution < -0.4 is 10.5 Å². The number of aliphatic hydroxyl groups excluding tert-OH is 1. The van der Waals surface area contributed by atoms with Crippen LogP contribution in [-0.2, 0) is 19.1 Å². The molecule has 2 aliphatic heterocycles. The molecular weight excluding hydrogens is 530 g/mol. The molecule has 2 fully saturated rings. The zero-order valence-electron chi connectivity index (χ0n) is 19.7. The summed E-state index contributed by atoms with van der Waals surface area (Å²) < 4.78 is 11.6. The minimum Gasteiger partial charge on any atom is -0.507 e. The van der Waals surface area contributed by atoms with Crippen LogP contribution in [0.4, 0.5) is 0 Å². The summed E-state index contributed by atoms with van der Waals surface area (Å²) in [5.74, 6) is -1.76. The molecule has 2 aliphatic rings. The zero-order valence-corrected chi connectivity index (χ0v) is 21.3. The van der Waals surface area contributed by atoms with E-state index in [1.165, 1.54) is 4.90 Å². The predicted molar refractivity (Wildman–Crippen MR) is 136 cm³/mol. The van der Waals surface area contributed by atoms with Crippen LogP contribution in [0.25, 0.3) is 5.76 Å². The summed E-state index contributed by atoms with van der Waals surface area (Å²) in [5, 5.41) is 11.1. The highest BCUT2D eigenvalue weighted by molar-refractivity contribution is 9.10. The number of carbonyl (C=O) groups is 3. The number of ether oxygens (including phenoxy) is 2. The van der Waals surface area contributed by atoms with Crippen LogP contribution in [0.3, 0.4) is 0 Å². The van der Waals surface area contributed by atoms with Gasteiger partial charge in [-0.25, -0.2) is 0 Å². The third-order valence-electron chi connectivity index (χ3n) is 6.21. The second-order valence-corrected chi connectivity index (χ2v) is 9.55. The molecular formula is C26H28BrN3O6. The number of hydrogen-bond acceptors (Lipinski definition) is 7. The van der Waals surface area contributed by atoms with Gasteiger partial charge >= 0.3 is 0 Å². The Morgan fingerprint density at radius 3 is 2.36 bits per heavy atom. The maximum absolute atomic E-state index is 13.2. The number of likely N-dealkylation sites (tertiary alicyclic amines) is 1. The zero-order chi connectivity index (χ0) is 25.7. The monoisotopic (exact) mass is 557 g/mol. The van der Waals surface area contributed by atoms with Crippen LogP contribution >= 0.6 is 15.9 Å². The highest BCUT2D eigenvalue weighted by atomic mass is 79.9. The molecule has 0 aromatic heterocycles. The van der Waals surface area contributed by atoms with E-state index < -0.39 is 23.6 Å². The Balaban J connectivity index is 1.64. The van der Waals surface area contributed by atoms with Crippen molar-refractivity contribution in [3.8, 4) is 5.75 Å². The molecule has 10 heteroatoms. The van der Waals surface area contributed by atoms with Gasteiger partial charge in [-0.3, -0.25) is 19.3 Å². The van der Waals surface area contributed by atoms with Crippen molar-refractivity contribution in [1.29, 1.82) is 0 Å². The maximum atomic E-state index is 13.2. The van der Waals surface area contributed by atoms with Gasteiger partial charge in [-0.15, -0.1) is 0 Å². The van der Waals surface area contributed by atoms with E-state index in [1.54, 1.807) is 48.5 Å². The Morgan fingerprint density at radius 1 is 1.06 bits per heavy atom. The summed E-state index contributed by atoms with van der Waals surface area (Å²) in [6, 6.07) is 12.8. The molecule has 0 aliphatic carbocycles. The minimum absolute atomic E-state index is 0.0412. The molecule has 0 radical (unpaired) electrons. The first-order valence-electron chi connectivity index (χ1n) is 11.7. The summed E-state index contributed by atoms with van der Waals surface area (Å²) in [6.45, 7) is 3.89. The van der Waals surface area contributed by atoms with Gasteiger partial charge < -0.3 is 25.2 Å². The lowest BCUT2D eigenvalue weighted by molar-refractivity contribution is -0.140. The van der Waals surface area contributed by atoms with E-state index in [0.717, 1.165) is 24.1 Å². The number of ketones is 1. The van der Waals surface area contributed by atoms with E-state index in [-0.39, 0.29) is 17.9 Å². The molecule has 2 heterocycles. The summed E-state index contributed by atoms with van der Waals surface area (Å²) in [7, 11) is 0. The molecule has 2 aromatic rings. The average Bonchev–Trinajstić information content (AvgIpc) is 3.13. The summed E-state index contributed by atoms with van der Waals surface area (Å²) in [5.41, 5.74) is 6.27. The van der Waals surface area contributed by atoms with Gasteiger partial charge in [-0.1, -0.05) is 40.2 Å². The third kappa shape index (κ3) is 5.95. The van der Waals surface area contributed by atoms with E-state index in [2.05, 4.69) is 20.8 Å². The number of primary amides is 1. The molecule has 4 rings (SSSR count). The summed E-state index contributed by atoms with van der Waals surface area (Å²) in [6.07, 6.45) is 0.668. The summed E-state index contributed by atoms with van der Waals surface area (Å²) in [4.78, 5) is 41.1. The van der Waals surface area contributed by atoms with Gasteiger partial charge in [-0.05, 0) is 36.2 Å². The first kappa shape index (κ1) is 25.9. The molecule has 0 bridgehead atoms. The molecule has 9 nitrogen and oxygen atoms in total. The van der Waals surface area contributed by atoms with E-state index >= 15 is 0 Å². The second kappa shape index (κ2) is 11.7. The molecule has 1 atom stereocenters. The topological polar surface area (TPSA) is 122 Å². The summed E-state index contributed by atoms with van der Waals surface area (Å²) >= 11 is 3.37. The number of halogens is 1. The van der Waals surface area contributed by atoms with Gasteiger partial charge in [0.25, 0.3) is 17.6 Å². The lowest BCUT2D eigenvalue weighted by Gasteiger charge is -2.29. The van der Waals surface area contributed by atoms with Crippen molar-refractivity contribution in [2.45, 2.75) is 12.5 Å². The molecule has 0 saturated carbocycles. The Labute approximate surface area is 217 Å². The largest absolute Gasteiger partial charge is 0.507 e. The van der Waals surface area contributed by atoms with Crippen molar-refractivity contribution in [1.82, 2.24) is 9.80 Å². The normalized spacial score (nSPS) is 20.0. The third-order valence-corrected chi connectivity index (χ3v) is 6.74. The second-order valence-electron chi connectivity index (χ2n) is 8.63. The lowest BCUT2D eigenvalue weighted by atomic mass is 9.95. The van der Waals surface area contributed by atoms with Crippen molar-refractivity contribution >= 4 is 39.3 Å². The van der Waals surface area contributed by atoms with Crippen LogP contribution in [0.1, 0.15) is 23.6 Å². The van der Waals surface area contributed by atoms with Crippen molar-refractivity contribution in [2.24, 2.45) is 5.73 Å². The van der Waals surface area contributed by atoms with E-state index in [9.17, 15) is 19.5 Å². The van der Waals surface area contributed by atoms with E-state index in [0.29, 0.717) is 43.1 Å². The number of Topliss-reactive ketones (excluding diaryl/α,β-unsaturated/α-hetero) is 1. The Morgan fingerprint density at radius 2 is 1.72 bits per heavy atom. The van der Waals surface area contributed by atoms with Gasteiger partial charge in [0, 0.05) is 36.2 Å². The van der Waals surface area contributed by atoms with Gasteiger partial charge in [0.15, 0.2) is 6.61 Å². The van der Waals surface area contributed by atoms with Crippen LogP contribution in [0.5, 0.6) is 5.75 Å². The van der Waals surface area contributed by atoms with Crippen LogP contribution in [0.15, 0.2) is 58.6 Å². The SMILES string of the molecule is NC(=O)COc1ccc(C2/C(=C(\O)c3ccc(Br)cc3)C(=O)C(=O)N2CCCN2CCOCC2)cc1. The van der Waals surface area contributed by atoms with Crippen molar-refractivity contribution in [3.05, 3.63) is 69.7 Å². The van der Waals surface area contributed by atoms with Gasteiger partial charge in [0.1, 0.15) is 11.5 Å². The molecule has 2 aromatic carbocycles. The van der Waals surface area contributed by atoms with Crippen molar-refractivity contribution < 1.29 is 29.0 Å². The molecule has 3 N–H and O–H groups in total. The van der Waals surface area contributed by atoms with E-state index in [4.69, 9.17) is 15.2 Å². The number of aliphatic hydroxyl groups is 1. The van der Waals surface area contributed by atoms with Crippen molar-refractivity contribution in [2.75, 3.05) is 46.0 Å². The molecule has 36 heavy (non-hydrogen) atoms. The number of nitrogens with zero attached hydrogens (tertiary/aromatic N) is 2. The number of carbonyl (C=O) groups excluding carboxylic acids is 3. The number of hydrogen-bond donors (Lipinski definition) is 2.